The van der Waals surface area contributed by atoms with E-state index < -0.39 is 0 Å². The highest BCUT2D eigenvalue weighted by atomic mass is 35.5. The van der Waals surface area contributed by atoms with E-state index >= 15 is 0 Å². The molecule has 1 rings (SSSR count). The van der Waals surface area contributed by atoms with Crippen LogP contribution in [0.25, 0.3) is 0 Å². The number of hydrogen-bond donors (Lipinski definition) is 1. The number of aryl methyl sites for hydroxylation is 1. The Kier molecular flexibility index (Phi) is 6.13. The van der Waals surface area contributed by atoms with Crippen molar-refractivity contribution in [1.82, 2.24) is 4.90 Å². The minimum Gasteiger partial charge on any atom is -0.338 e. The molecule has 0 aliphatic carbocycles. The van der Waals surface area contributed by atoms with Crippen LogP contribution in [-0.4, -0.2) is 30.4 Å². The maximum Gasteiger partial charge on any atom is 0.254 e. The van der Waals surface area contributed by atoms with Crippen molar-refractivity contribution in [3.63, 3.8) is 0 Å². The van der Waals surface area contributed by atoms with Crippen LogP contribution in [-0.2, 0) is 0 Å². The molecule has 1 unspecified atom stereocenters. The summed E-state index contributed by atoms with van der Waals surface area (Å²) >= 11 is 0. The van der Waals surface area contributed by atoms with E-state index in [0.717, 1.165) is 0 Å². The molecular weight excluding hydrogens is 243 g/mol. The van der Waals surface area contributed by atoms with Crippen LogP contribution < -0.4 is 5.73 Å². The molecule has 0 saturated carbocycles. The lowest BCUT2D eigenvalue weighted by Crippen LogP contribution is -2.39. The summed E-state index contributed by atoms with van der Waals surface area (Å²) in [5.74, 6) is -0.459. The predicted molar refractivity (Wildman–Crippen MR) is 69.0 cm³/mol. The quantitative estimate of drug-likeness (QED) is 0.903. The lowest BCUT2D eigenvalue weighted by Gasteiger charge is -2.24. The van der Waals surface area contributed by atoms with E-state index in [9.17, 15) is 9.18 Å². The highest BCUT2D eigenvalue weighted by Gasteiger charge is 2.18. The van der Waals surface area contributed by atoms with Crippen LogP contribution in [0.1, 0.15) is 22.8 Å². The summed E-state index contributed by atoms with van der Waals surface area (Å²) in [6.45, 7) is 4.00. The second kappa shape index (κ2) is 6.57. The molecule has 0 spiro atoms. The smallest absolute Gasteiger partial charge is 0.254 e. The number of amides is 1. The topological polar surface area (TPSA) is 46.3 Å². The Bertz CT molecular complexity index is 398. The molecule has 0 aromatic heterocycles. The van der Waals surface area contributed by atoms with Crippen LogP contribution in [0, 0.1) is 12.7 Å². The SMILES string of the molecule is Cc1cc(F)ccc1C(=O)N(C)C(C)CN.Cl. The molecule has 0 aliphatic heterocycles. The van der Waals surface area contributed by atoms with Gasteiger partial charge < -0.3 is 10.6 Å². The molecule has 0 aliphatic rings. The summed E-state index contributed by atoms with van der Waals surface area (Å²) in [7, 11) is 1.70. The van der Waals surface area contributed by atoms with Gasteiger partial charge in [-0.15, -0.1) is 12.4 Å². The van der Waals surface area contributed by atoms with E-state index in [1.807, 2.05) is 6.92 Å². The Morgan fingerprint density at radius 1 is 1.53 bits per heavy atom. The molecule has 1 atom stereocenters. The van der Waals surface area contributed by atoms with E-state index in [1.165, 1.54) is 18.2 Å². The van der Waals surface area contributed by atoms with Crippen LogP contribution in [0.2, 0.25) is 0 Å². The average molecular weight is 261 g/mol. The molecule has 0 radical (unpaired) electrons. The first-order valence-corrected chi connectivity index (χ1v) is 5.20. The van der Waals surface area contributed by atoms with Gasteiger partial charge in [0.05, 0.1) is 0 Å². The van der Waals surface area contributed by atoms with Crippen molar-refractivity contribution in [1.29, 1.82) is 0 Å². The second-order valence-electron chi connectivity index (χ2n) is 3.96. The van der Waals surface area contributed by atoms with Gasteiger partial charge in [-0.1, -0.05) is 0 Å². The summed E-state index contributed by atoms with van der Waals surface area (Å²) in [6, 6.07) is 4.12. The maximum absolute atomic E-state index is 12.9. The molecule has 1 amide bonds. The maximum atomic E-state index is 12.9. The first-order valence-electron chi connectivity index (χ1n) is 5.20. The third-order valence-electron chi connectivity index (χ3n) is 2.74. The number of hydrogen-bond acceptors (Lipinski definition) is 2. The predicted octanol–water partition coefficient (Wildman–Crippen LogP) is 1.98. The van der Waals surface area contributed by atoms with Gasteiger partial charge in [0.15, 0.2) is 0 Å². The Morgan fingerprint density at radius 2 is 2.12 bits per heavy atom. The number of halogens is 2. The normalized spacial score (nSPS) is 11.6. The molecule has 3 nitrogen and oxygen atoms in total. The standard InChI is InChI=1S/C12H17FN2O.ClH/c1-8-6-10(13)4-5-11(8)12(16)15(3)9(2)7-14;/h4-6,9H,7,14H2,1-3H3;1H. The summed E-state index contributed by atoms with van der Waals surface area (Å²) in [5, 5.41) is 0. The van der Waals surface area contributed by atoms with Crippen LogP contribution in [0.15, 0.2) is 18.2 Å². The zero-order chi connectivity index (χ0) is 12.3. The van der Waals surface area contributed by atoms with Crippen molar-refractivity contribution in [3.05, 3.63) is 35.1 Å². The first kappa shape index (κ1) is 15.9. The number of nitrogens with two attached hydrogens (primary N) is 1. The van der Waals surface area contributed by atoms with Crippen LogP contribution >= 0.6 is 12.4 Å². The van der Waals surface area contributed by atoms with Gasteiger partial charge in [-0.05, 0) is 37.6 Å². The third kappa shape index (κ3) is 3.68. The third-order valence-corrected chi connectivity index (χ3v) is 2.74. The minimum absolute atomic E-state index is 0. The monoisotopic (exact) mass is 260 g/mol. The van der Waals surface area contributed by atoms with E-state index in [1.54, 1.807) is 18.9 Å². The van der Waals surface area contributed by atoms with Crippen molar-refractivity contribution >= 4 is 18.3 Å². The molecule has 2 N–H and O–H groups in total. The second-order valence-corrected chi connectivity index (χ2v) is 3.96. The average Bonchev–Trinajstić information content (AvgIpc) is 2.26. The molecule has 0 saturated heterocycles. The van der Waals surface area contributed by atoms with Crippen LogP contribution in [0.5, 0.6) is 0 Å². The van der Waals surface area contributed by atoms with Gasteiger partial charge in [0.25, 0.3) is 5.91 Å². The van der Waals surface area contributed by atoms with Gasteiger partial charge in [-0.2, -0.15) is 0 Å². The summed E-state index contributed by atoms with van der Waals surface area (Å²) in [6.07, 6.45) is 0. The molecule has 0 fully saturated rings. The van der Waals surface area contributed by atoms with Crippen molar-refractivity contribution in [2.75, 3.05) is 13.6 Å². The number of likely N-dealkylation sites (N-methyl/N-ethyl adjacent to an activating group) is 1. The molecule has 96 valence electrons. The fourth-order valence-corrected chi connectivity index (χ4v) is 1.42. The number of carbonyl (C=O) groups excluding carboxylic acids is 1. The number of benzene rings is 1. The molecule has 17 heavy (non-hydrogen) atoms. The number of carbonyl (C=O) groups is 1. The van der Waals surface area contributed by atoms with Gasteiger partial charge in [0.1, 0.15) is 5.82 Å². The van der Waals surface area contributed by atoms with Gasteiger partial charge in [0, 0.05) is 25.2 Å². The minimum atomic E-state index is -0.330. The molecule has 1 aromatic carbocycles. The van der Waals surface area contributed by atoms with E-state index in [2.05, 4.69) is 0 Å². The fourth-order valence-electron chi connectivity index (χ4n) is 1.42. The largest absolute Gasteiger partial charge is 0.338 e. The lowest BCUT2D eigenvalue weighted by atomic mass is 10.1. The van der Waals surface area contributed by atoms with Gasteiger partial charge >= 0.3 is 0 Å². The molecule has 5 heteroatoms. The summed E-state index contributed by atoms with van der Waals surface area (Å²) in [5.41, 5.74) is 6.65. The fraction of sp³-hybridized carbons (Fsp3) is 0.417. The summed E-state index contributed by atoms with van der Waals surface area (Å²) < 4.78 is 12.9. The Morgan fingerprint density at radius 3 is 2.59 bits per heavy atom. The van der Waals surface area contributed by atoms with Crippen molar-refractivity contribution in [2.45, 2.75) is 19.9 Å². The Hall–Kier alpha value is -1.13. The highest BCUT2D eigenvalue weighted by Crippen LogP contribution is 2.13. The van der Waals surface area contributed by atoms with E-state index in [4.69, 9.17) is 5.73 Å². The first-order chi connectivity index (χ1) is 7.47. The summed E-state index contributed by atoms with van der Waals surface area (Å²) in [4.78, 5) is 13.6. The van der Waals surface area contributed by atoms with Gasteiger partial charge in [-0.25, -0.2) is 4.39 Å². The van der Waals surface area contributed by atoms with E-state index in [-0.39, 0.29) is 30.2 Å². The molecular formula is C12H18ClFN2O. The van der Waals surface area contributed by atoms with Crippen LogP contribution in [0.4, 0.5) is 4.39 Å². The van der Waals surface area contributed by atoms with E-state index in [0.29, 0.717) is 17.7 Å². The lowest BCUT2D eigenvalue weighted by molar-refractivity contribution is 0.0747. The van der Waals surface area contributed by atoms with Crippen LogP contribution in [0.3, 0.4) is 0 Å². The van der Waals surface area contributed by atoms with Gasteiger partial charge in [0.2, 0.25) is 0 Å². The number of nitrogens with zero attached hydrogens (tertiary/aromatic N) is 1. The zero-order valence-corrected chi connectivity index (χ0v) is 11.1. The van der Waals surface area contributed by atoms with Gasteiger partial charge in [-0.3, -0.25) is 4.79 Å². The number of rotatable bonds is 3. The zero-order valence-electron chi connectivity index (χ0n) is 10.2. The molecule has 0 heterocycles. The Balaban J connectivity index is 0.00000256. The molecule has 0 bridgehead atoms. The van der Waals surface area contributed by atoms with Crippen molar-refractivity contribution in [2.24, 2.45) is 5.73 Å². The Labute approximate surface area is 107 Å². The van der Waals surface area contributed by atoms with Crippen molar-refractivity contribution in [3.8, 4) is 0 Å². The highest BCUT2D eigenvalue weighted by molar-refractivity contribution is 5.95. The van der Waals surface area contributed by atoms with Crippen molar-refractivity contribution < 1.29 is 9.18 Å². The molecule has 1 aromatic rings.